The normalized spacial score (nSPS) is 13.6. The summed E-state index contributed by atoms with van der Waals surface area (Å²) in [6.45, 7) is -1.99. The van der Waals surface area contributed by atoms with Gasteiger partial charge in [-0.2, -0.15) is 17.2 Å². The third-order valence-electron chi connectivity index (χ3n) is 0.523. The molecule has 0 spiro atoms. The second kappa shape index (κ2) is 2.72. The molecule has 0 aliphatic carbocycles. The van der Waals surface area contributed by atoms with Gasteiger partial charge in [0.1, 0.15) is 0 Å². The van der Waals surface area contributed by atoms with Crippen LogP contribution in [0.1, 0.15) is 0 Å². The Kier molecular flexibility index (Phi) is 2.63. The zero-order valence-corrected chi connectivity index (χ0v) is 5.24. The molecule has 0 saturated carbocycles. The summed E-state index contributed by atoms with van der Waals surface area (Å²) in [4.78, 5) is 0. The first kappa shape index (κ1) is 9.66. The van der Waals surface area contributed by atoms with E-state index < -0.39 is 22.4 Å². The van der Waals surface area contributed by atoms with Crippen molar-refractivity contribution in [2.45, 2.75) is 5.44 Å². The molecule has 0 aliphatic heterocycles. The van der Waals surface area contributed by atoms with Crippen molar-refractivity contribution < 1.29 is 30.9 Å². The summed E-state index contributed by atoms with van der Waals surface area (Å²) in [7, 11) is -5.66. The molecule has 4 nitrogen and oxygen atoms in total. The van der Waals surface area contributed by atoms with Gasteiger partial charge in [-0.25, -0.2) is 4.39 Å². The molecule has 0 aromatic rings. The van der Waals surface area contributed by atoms with Crippen LogP contribution in [0.15, 0.2) is 0 Å². The molecule has 0 atom stereocenters. The van der Waals surface area contributed by atoms with Crippen molar-refractivity contribution in [3.8, 4) is 0 Å². The molecule has 1 N–H and O–H groups in total. The Bertz CT molecular complexity index is 197. The minimum Gasteiger partial charge on any atom is -0.279 e. The van der Waals surface area contributed by atoms with Crippen LogP contribution < -0.4 is 0 Å². The molecule has 0 rings (SSSR count). The second-order valence-corrected chi connectivity index (χ2v) is 2.62. The van der Waals surface area contributed by atoms with Gasteiger partial charge in [0.05, 0.1) is 0 Å². The molecule has 0 saturated heterocycles. The summed E-state index contributed by atoms with van der Waals surface area (Å²) in [5.74, 6) is 0. The molecular weight excluding hydrogens is 177 g/mol. The lowest BCUT2D eigenvalue weighted by molar-refractivity contribution is -0.195. The van der Waals surface area contributed by atoms with E-state index in [0.29, 0.717) is 0 Å². The Morgan fingerprint density at radius 3 is 2.00 bits per heavy atom. The summed E-state index contributed by atoms with van der Waals surface area (Å²) in [5, 5.41) is 0. The number of hydrogen-bond acceptors (Lipinski definition) is 3. The van der Waals surface area contributed by atoms with Crippen molar-refractivity contribution in [1.29, 1.82) is 0 Å². The van der Waals surface area contributed by atoms with Gasteiger partial charge >= 0.3 is 15.6 Å². The van der Waals surface area contributed by atoms with E-state index in [1.807, 2.05) is 0 Å². The smallest absolute Gasteiger partial charge is 0.279 e. The summed E-state index contributed by atoms with van der Waals surface area (Å²) < 4.78 is 63.7. The predicted molar refractivity (Wildman–Crippen MR) is 23.6 cm³/mol. The van der Waals surface area contributed by atoms with Crippen LogP contribution in [0.5, 0.6) is 0 Å². The van der Waals surface area contributed by atoms with Gasteiger partial charge in [-0.3, -0.25) is 9.29 Å². The molecule has 62 valence electrons. The largest absolute Gasteiger partial charge is 0.490 e. The molecular formula is C2H3F3O4S. The number of rotatable bonds is 3. The van der Waals surface area contributed by atoms with Crippen molar-refractivity contribution in [2.75, 3.05) is 6.86 Å². The first-order valence-corrected chi connectivity index (χ1v) is 3.30. The second-order valence-electron chi connectivity index (χ2n) is 1.19. The topological polar surface area (TPSA) is 63.6 Å². The van der Waals surface area contributed by atoms with E-state index in [1.54, 1.807) is 0 Å². The van der Waals surface area contributed by atoms with E-state index in [2.05, 4.69) is 4.74 Å². The lowest BCUT2D eigenvalue weighted by Crippen LogP contribution is -2.31. The van der Waals surface area contributed by atoms with E-state index in [0.717, 1.165) is 0 Å². The molecule has 0 fully saturated rings. The van der Waals surface area contributed by atoms with E-state index in [1.165, 1.54) is 0 Å². The van der Waals surface area contributed by atoms with Crippen LogP contribution in [0.3, 0.4) is 0 Å². The zero-order valence-electron chi connectivity index (χ0n) is 4.42. The third-order valence-corrected chi connectivity index (χ3v) is 1.24. The van der Waals surface area contributed by atoms with E-state index in [-0.39, 0.29) is 0 Å². The predicted octanol–water partition coefficient (Wildman–Crippen LogP) is 0.368. The first-order chi connectivity index (χ1) is 4.31. The standard InChI is InChI=1S/C2H3F3O4S/c3-1-9-2(4,5)10(6,7)8/h1H2,(H,6,7,8). The van der Waals surface area contributed by atoms with Crippen LogP contribution in [0.2, 0.25) is 0 Å². The molecule has 10 heavy (non-hydrogen) atoms. The van der Waals surface area contributed by atoms with Crippen LogP contribution in [0, 0.1) is 0 Å². The van der Waals surface area contributed by atoms with Crippen molar-refractivity contribution in [1.82, 2.24) is 0 Å². The average molecular weight is 180 g/mol. The summed E-state index contributed by atoms with van der Waals surface area (Å²) in [5.41, 5.74) is -4.86. The molecule has 0 bridgehead atoms. The highest BCUT2D eigenvalue weighted by Gasteiger charge is 2.46. The molecule has 0 unspecified atom stereocenters. The van der Waals surface area contributed by atoms with Gasteiger partial charge in [-0.15, -0.1) is 0 Å². The van der Waals surface area contributed by atoms with Crippen molar-refractivity contribution in [3.05, 3.63) is 0 Å². The minimum absolute atomic E-state index is 1.99. The monoisotopic (exact) mass is 180 g/mol. The summed E-state index contributed by atoms with van der Waals surface area (Å²) >= 11 is 0. The molecule has 0 aromatic heterocycles. The lowest BCUT2D eigenvalue weighted by Gasteiger charge is -2.08. The molecule has 8 heteroatoms. The third kappa shape index (κ3) is 2.12. The van der Waals surface area contributed by atoms with Crippen LogP contribution in [-0.2, 0) is 14.9 Å². The Balaban J connectivity index is 4.42. The van der Waals surface area contributed by atoms with E-state index in [9.17, 15) is 21.6 Å². The number of hydrogen-bond donors (Lipinski definition) is 1. The highest BCUT2D eigenvalue weighted by atomic mass is 32.2. The molecule has 0 aliphatic rings. The maximum Gasteiger partial charge on any atom is 0.490 e. The van der Waals surface area contributed by atoms with Gasteiger partial charge in [-0.05, 0) is 0 Å². The van der Waals surface area contributed by atoms with Crippen LogP contribution in [-0.4, -0.2) is 25.3 Å². The van der Waals surface area contributed by atoms with Gasteiger partial charge in [0.15, 0.2) is 6.86 Å². The van der Waals surface area contributed by atoms with E-state index >= 15 is 0 Å². The van der Waals surface area contributed by atoms with Crippen molar-refractivity contribution >= 4 is 10.1 Å². The fraction of sp³-hybridized carbons (Fsp3) is 1.00. The average Bonchev–Trinajstić information content (AvgIpc) is 1.61. The number of ether oxygens (including phenoxy) is 1. The molecule has 0 aromatic carbocycles. The molecule has 0 heterocycles. The van der Waals surface area contributed by atoms with Crippen LogP contribution >= 0.6 is 0 Å². The Morgan fingerprint density at radius 2 is 1.90 bits per heavy atom. The van der Waals surface area contributed by atoms with Crippen LogP contribution in [0.4, 0.5) is 13.2 Å². The Morgan fingerprint density at radius 1 is 1.50 bits per heavy atom. The SMILES string of the molecule is O=S(=O)(O)C(F)(F)OCF. The van der Waals surface area contributed by atoms with Gasteiger partial charge in [0, 0.05) is 0 Å². The number of alkyl halides is 3. The van der Waals surface area contributed by atoms with Gasteiger partial charge < -0.3 is 0 Å². The minimum atomic E-state index is -5.66. The van der Waals surface area contributed by atoms with Crippen molar-refractivity contribution in [3.63, 3.8) is 0 Å². The van der Waals surface area contributed by atoms with Gasteiger partial charge in [0.25, 0.3) is 0 Å². The number of halogens is 3. The summed E-state index contributed by atoms with van der Waals surface area (Å²) in [6, 6.07) is 0. The van der Waals surface area contributed by atoms with Crippen molar-refractivity contribution in [2.24, 2.45) is 0 Å². The fourth-order valence-corrected chi connectivity index (χ4v) is 0.331. The van der Waals surface area contributed by atoms with Crippen LogP contribution in [0.25, 0.3) is 0 Å². The highest BCUT2D eigenvalue weighted by molar-refractivity contribution is 7.86. The van der Waals surface area contributed by atoms with E-state index in [4.69, 9.17) is 4.55 Å². The summed E-state index contributed by atoms with van der Waals surface area (Å²) in [6.07, 6.45) is 0. The quantitative estimate of drug-likeness (QED) is 0.637. The Hall–Kier alpha value is -0.340. The molecule has 0 amide bonds. The Labute approximate surface area is 54.3 Å². The maximum atomic E-state index is 11.6. The highest BCUT2D eigenvalue weighted by Crippen LogP contribution is 2.21. The first-order valence-electron chi connectivity index (χ1n) is 1.86. The fourth-order valence-electron chi connectivity index (χ4n) is 0.138. The van der Waals surface area contributed by atoms with Gasteiger partial charge in [0.2, 0.25) is 0 Å². The lowest BCUT2D eigenvalue weighted by atomic mass is 11.3. The molecule has 0 radical (unpaired) electrons. The van der Waals surface area contributed by atoms with Gasteiger partial charge in [-0.1, -0.05) is 0 Å². The zero-order chi connectivity index (χ0) is 8.41. The maximum absolute atomic E-state index is 11.6.